The zero-order valence-corrected chi connectivity index (χ0v) is 27.1. The van der Waals surface area contributed by atoms with Gasteiger partial charge in [0.05, 0.1) is 35.9 Å². The molecule has 0 aliphatic carbocycles. The average molecular weight is 660 g/mol. The molecule has 0 saturated carbocycles. The fourth-order valence-electron chi connectivity index (χ4n) is 5.66. The van der Waals surface area contributed by atoms with Crippen LogP contribution in [0.4, 0.5) is 10.5 Å². The number of methoxy groups -OCH3 is 1. The average Bonchev–Trinajstić information content (AvgIpc) is 3.09. The molecule has 1 unspecified atom stereocenters. The summed E-state index contributed by atoms with van der Waals surface area (Å²) >= 11 is 5.98. The van der Waals surface area contributed by atoms with Crippen molar-refractivity contribution in [1.82, 2.24) is 10.6 Å². The maximum Gasteiger partial charge on any atom is 0.407 e. The van der Waals surface area contributed by atoms with Crippen molar-refractivity contribution < 1.29 is 23.3 Å². The topological polar surface area (TPSA) is 106 Å². The molecule has 1 fully saturated rings. The Morgan fingerprint density at radius 2 is 1.50 bits per heavy atom. The van der Waals surface area contributed by atoms with E-state index in [0.29, 0.717) is 42.4 Å². The second kappa shape index (κ2) is 16.5. The molecule has 10 heteroatoms. The lowest BCUT2D eigenvalue weighted by molar-refractivity contribution is -0.118. The van der Waals surface area contributed by atoms with Gasteiger partial charge in [-0.15, -0.1) is 0 Å². The number of morpholine rings is 1. The number of nitrogens with one attached hydrogen (secondary N) is 3. The Labute approximate surface area is 277 Å². The molecule has 0 aromatic heterocycles. The van der Waals surface area contributed by atoms with Crippen LogP contribution in [-0.2, 0) is 31.5 Å². The molecular formula is C36H38ClN3O5S. The van der Waals surface area contributed by atoms with Crippen molar-refractivity contribution in [2.24, 2.45) is 0 Å². The second-order valence-electron chi connectivity index (χ2n) is 11.1. The van der Waals surface area contributed by atoms with E-state index in [-0.39, 0.29) is 18.1 Å². The summed E-state index contributed by atoms with van der Waals surface area (Å²) in [7, 11) is 0.0733. The zero-order valence-electron chi connectivity index (χ0n) is 25.6. The summed E-state index contributed by atoms with van der Waals surface area (Å²) < 4.78 is 24.2. The predicted molar refractivity (Wildman–Crippen MR) is 182 cm³/mol. The van der Waals surface area contributed by atoms with Crippen molar-refractivity contribution in [2.45, 2.75) is 41.9 Å². The van der Waals surface area contributed by atoms with Gasteiger partial charge in [0.25, 0.3) is 0 Å². The molecule has 1 saturated heterocycles. The standard InChI is InChI=1S/C36H38ClN3O5S/c1-44-36(42)40-34(33(26-11-4-2-5-12-26)27-13-6-3-7-14-27)35(41)39-32-15-9-8-10-25(32)16-19-29-22-38-23-30(45-29)24-46(43)31-20-17-28(37)18-21-31/h2-15,17-18,20-21,29-30,33-34,38H,16,19,22-24H2,1H3,(H,39,41)(H,40,42)/t29-,30+,34+,46?/m1/s1. The number of rotatable bonds is 12. The lowest BCUT2D eigenvalue weighted by atomic mass is 9.84. The molecule has 4 atom stereocenters. The summed E-state index contributed by atoms with van der Waals surface area (Å²) in [6.07, 6.45) is 0.372. The lowest BCUT2D eigenvalue weighted by Crippen LogP contribution is -2.48. The van der Waals surface area contributed by atoms with Crippen molar-refractivity contribution >= 4 is 40.1 Å². The highest BCUT2D eigenvalue weighted by Gasteiger charge is 2.33. The highest BCUT2D eigenvalue weighted by molar-refractivity contribution is 7.85. The van der Waals surface area contributed by atoms with Gasteiger partial charge in [-0.3, -0.25) is 9.00 Å². The Hall–Kier alpha value is -4.02. The van der Waals surface area contributed by atoms with Crippen LogP contribution >= 0.6 is 11.6 Å². The number of amides is 2. The van der Waals surface area contributed by atoms with Gasteiger partial charge in [-0.25, -0.2) is 4.79 Å². The van der Waals surface area contributed by atoms with Gasteiger partial charge in [-0.05, 0) is 59.9 Å². The van der Waals surface area contributed by atoms with Crippen molar-refractivity contribution in [3.8, 4) is 0 Å². The van der Waals surface area contributed by atoms with E-state index in [9.17, 15) is 13.8 Å². The molecule has 0 bridgehead atoms. The molecule has 3 N–H and O–H groups in total. The van der Waals surface area contributed by atoms with Gasteiger partial charge in [0.1, 0.15) is 6.04 Å². The molecule has 1 aliphatic heterocycles. The normalized spacial score (nSPS) is 17.5. The summed E-state index contributed by atoms with van der Waals surface area (Å²) in [5, 5.41) is 9.90. The molecule has 0 spiro atoms. The maximum atomic E-state index is 14.0. The Morgan fingerprint density at radius 3 is 2.15 bits per heavy atom. The van der Waals surface area contributed by atoms with E-state index >= 15 is 0 Å². The maximum absolute atomic E-state index is 14.0. The number of alkyl carbamates (subject to hydrolysis) is 1. The van der Waals surface area contributed by atoms with Gasteiger partial charge >= 0.3 is 6.09 Å². The SMILES string of the molecule is COC(=O)N[C@H](C(=O)Nc1ccccc1CC[C@@H]1CNC[C@@H](CS(=O)c2ccc(Cl)cc2)O1)C(c1ccccc1)c1ccccc1. The highest BCUT2D eigenvalue weighted by Crippen LogP contribution is 2.30. The van der Waals surface area contributed by atoms with Crippen LogP contribution in [0.2, 0.25) is 5.02 Å². The van der Waals surface area contributed by atoms with E-state index in [0.717, 1.165) is 21.6 Å². The Morgan fingerprint density at radius 1 is 0.891 bits per heavy atom. The molecule has 4 aromatic rings. The number of hydrogen-bond acceptors (Lipinski definition) is 6. The molecule has 2 amide bonds. The Bertz CT molecular complexity index is 1570. The Balaban J connectivity index is 1.28. The van der Waals surface area contributed by atoms with Crippen LogP contribution in [0.15, 0.2) is 114 Å². The first kappa shape index (κ1) is 33.3. The molecule has 8 nitrogen and oxygen atoms in total. The molecular weight excluding hydrogens is 622 g/mol. The highest BCUT2D eigenvalue weighted by atomic mass is 35.5. The minimum absolute atomic E-state index is 0.0843. The van der Waals surface area contributed by atoms with Gasteiger partial charge in [-0.2, -0.15) is 0 Å². The summed E-state index contributed by atoms with van der Waals surface area (Å²) in [6, 6.07) is 33.0. The van der Waals surface area contributed by atoms with Gasteiger partial charge in [0, 0.05) is 34.6 Å². The first-order valence-corrected chi connectivity index (χ1v) is 16.9. The van der Waals surface area contributed by atoms with Crippen molar-refractivity contribution in [3.05, 3.63) is 131 Å². The third-order valence-corrected chi connectivity index (χ3v) is 9.67. The first-order valence-electron chi connectivity index (χ1n) is 15.2. The quantitative estimate of drug-likeness (QED) is 0.174. The van der Waals surface area contributed by atoms with Crippen molar-refractivity contribution in [2.75, 3.05) is 31.3 Å². The smallest absolute Gasteiger partial charge is 0.407 e. The number of ether oxygens (including phenoxy) is 2. The molecule has 1 aliphatic rings. The number of hydrogen-bond donors (Lipinski definition) is 3. The molecule has 1 heterocycles. The molecule has 4 aromatic carbocycles. The minimum atomic E-state index is -1.21. The van der Waals surface area contributed by atoms with Crippen LogP contribution in [0.25, 0.3) is 0 Å². The fraction of sp³-hybridized carbons (Fsp3) is 0.278. The van der Waals surface area contributed by atoms with E-state index in [1.54, 1.807) is 24.3 Å². The number of anilines is 1. The van der Waals surface area contributed by atoms with E-state index in [2.05, 4.69) is 16.0 Å². The summed E-state index contributed by atoms with van der Waals surface area (Å²) in [5.74, 6) is -0.447. The lowest BCUT2D eigenvalue weighted by Gasteiger charge is -2.31. The summed E-state index contributed by atoms with van der Waals surface area (Å²) in [5.41, 5.74) is 3.37. The molecule has 46 heavy (non-hydrogen) atoms. The largest absolute Gasteiger partial charge is 0.453 e. The van der Waals surface area contributed by atoms with E-state index in [1.165, 1.54) is 7.11 Å². The number of para-hydroxylation sites is 1. The minimum Gasteiger partial charge on any atom is -0.453 e. The number of aryl methyl sites for hydroxylation is 1. The van der Waals surface area contributed by atoms with Crippen LogP contribution in [0, 0.1) is 0 Å². The first-order chi connectivity index (χ1) is 22.4. The molecule has 240 valence electrons. The predicted octanol–water partition coefficient (Wildman–Crippen LogP) is 5.93. The number of benzene rings is 4. The van der Waals surface area contributed by atoms with Crippen LogP contribution in [0.1, 0.15) is 29.0 Å². The van der Waals surface area contributed by atoms with Gasteiger partial charge in [-0.1, -0.05) is 90.5 Å². The number of halogens is 1. The van der Waals surface area contributed by atoms with Gasteiger partial charge in [0.2, 0.25) is 5.91 Å². The van der Waals surface area contributed by atoms with E-state index in [1.807, 2.05) is 84.9 Å². The third-order valence-electron chi connectivity index (χ3n) is 7.95. The number of carbonyl (C=O) groups excluding carboxylic acids is 2. The number of carbonyl (C=O) groups is 2. The third kappa shape index (κ3) is 9.04. The fourth-order valence-corrected chi connectivity index (χ4v) is 6.96. The van der Waals surface area contributed by atoms with Crippen LogP contribution in [0.5, 0.6) is 0 Å². The second-order valence-corrected chi connectivity index (χ2v) is 13.0. The van der Waals surface area contributed by atoms with Crippen LogP contribution in [0.3, 0.4) is 0 Å². The van der Waals surface area contributed by atoms with E-state index in [4.69, 9.17) is 21.1 Å². The molecule has 5 rings (SSSR count). The van der Waals surface area contributed by atoms with Crippen LogP contribution in [-0.4, -0.2) is 60.4 Å². The summed E-state index contributed by atoms with van der Waals surface area (Å²) in [6.45, 7) is 1.31. The van der Waals surface area contributed by atoms with Gasteiger partial charge < -0.3 is 25.4 Å². The zero-order chi connectivity index (χ0) is 32.3. The van der Waals surface area contributed by atoms with Crippen LogP contribution < -0.4 is 16.0 Å². The van der Waals surface area contributed by atoms with Crippen molar-refractivity contribution in [1.29, 1.82) is 0 Å². The van der Waals surface area contributed by atoms with Crippen molar-refractivity contribution in [3.63, 3.8) is 0 Å². The summed E-state index contributed by atoms with van der Waals surface area (Å²) in [4.78, 5) is 27.3. The van der Waals surface area contributed by atoms with Gasteiger partial charge in [0.15, 0.2) is 0 Å². The molecule has 0 radical (unpaired) electrons. The monoisotopic (exact) mass is 659 g/mol. The Kier molecular flexibility index (Phi) is 12.0. The van der Waals surface area contributed by atoms with E-state index < -0.39 is 28.9 Å².